The molecule has 0 aromatic carbocycles. The second-order valence-electron chi connectivity index (χ2n) is 3.97. The molecule has 3 rings (SSSR count). The molecule has 102 valence electrons. The van der Waals surface area contributed by atoms with Crippen molar-refractivity contribution in [2.45, 2.75) is 6.54 Å². The molecule has 3 aromatic rings. The summed E-state index contributed by atoms with van der Waals surface area (Å²) in [7, 11) is 0. The quantitative estimate of drug-likeness (QED) is 0.733. The minimum atomic E-state index is -0.203. The summed E-state index contributed by atoms with van der Waals surface area (Å²) in [5.74, 6) is 0.627. The number of H-pyrrole nitrogens is 1. The highest BCUT2D eigenvalue weighted by molar-refractivity contribution is 6.29. The van der Waals surface area contributed by atoms with Gasteiger partial charge in [-0.05, 0) is 6.07 Å². The van der Waals surface area contributed by atoms with Gasteiger partial charge < -0.3 is 10.3 Å². The number of hydrogen-bond donors (Lipinski definition) is 2. The fourth-order valence-electron chi connectivity index (χ4n) is 1.76. The first-order valence-corrected chi connectivity index (χ1v) is 6.23. The summed E-state index contributed by atoms with van der Waals surface area (Å²) in [6.07, 6.45) is 2.98. The van der Waals surface area contributed by atoms with Crippen LogP contribution < -0.4 is 10.9 Å². The van der Waals surface area contributed by atoms with Gasteiger partial charge in [-0.1, -0.05) is 11.6 Å². The van der Waals surface area contributed by atoms with Gasteiger partial charge in [-0.25, -0.2) is 19.6 Å². The molecule has 0 radical (unpaired) electrons. The van der Waals surface area contributed by atoms with E-state index < -0.39 is 0 Å². The van der Waals surface area contributed by atoms with E-state index in [0.29, 0.717) is 24.6 Å². The lowest BCUT2D eigenvalue weighted by Gasteiger charge is -2.07. The molecule has 0 spiro atoms. The summed E-state index contributed by atoms with van der Waals surface area (Å²) in [4.78, 5) is 26.7. The maximum Gasteiger partial charge on any atom is 0.266 e. The number of nitrogens with one attached hydrogen (secondary N) is 2. The summed E-state index contributed by atoms with van der Waals surface area (Å²) in [5.41, 5.74) is 1.10. The van der Waals surface area contributed by atoms with Crippen molar-refractivity contribution >= 4 is 28.6 Å². The zero-order chi connectivity index (χ0) is 13.9. The average Bonchev–Trinajstić information content (AvgIpc) is 2.92. The molecule has 0 bridgehead atoms. The molecule has 0 saturated heterocycles. The lowest BCUT2D eigenvalue weighted by Crippen LogP contribution is -2.25. The van der Waals surface area contributed by atoms with Gasteiger partial charge in [-0.3, -0.25) is 4.79 Å². The first kappa shape index (κ1) is 12.5. The van der Waals surface area contributed by atoms with E-state index in [4.69, 9.17) is 11.6 Å². The lowest BCUT2D eigenvalue weighted by molar-refractivity contribution is 0.597. The molecular formula is C11H10ClN7O. The minimum absolute atomic E-state index is 0.203. The fourth-order valence-corrected chi connectivity index (χ4v) is 1.92. The van der Waals surface area contributed by atoms with Gasteiger partial charge in [0.25, 0.3) is 5.56 Å². The monoisotopic (exact) mass is 291 g/mol. The summed E-state index contributed by atoms with van der Waals surface area (Å²) in [6, 6.07) is 2.85. The first-order chi connectivity index (χ1) is 9.74. The van der Waals surface area contributed by atoms with Crippen LogP contribution in [-0.4, -0.2) is 36.3 Å². The minimum Gasteiger partial charge on any atom is -0.366 e. The molecule has 3 heterocycles. The molecule has 0 amide bonds. The molecule has 0 aliphatic rings. The average molecular weight is 292 g/mol. The molecule has 0 atom stereocenters. The van der Waals surface area contributed by atoms with Crippen molar-refractivity contribution in [2.75, 3.05) is 11.9 Å². The predicted octanol–water partition coefficient (Wildman–Crippen LogP) is 0.675. The van der Waals surface area contributed by atoms with E-state index in [2.05, 4.69) is 30.4 Å². The van der Waals surface area contributed by atoms with E-state index in [0.717, 1.165) is 5.52 Å². The van der Waals surface area contributed by atoms with Gasteiger partial charge in [0.15, 0.2) is 11.5 Å². The van der Waals surface area contributed by atoms with E-state index in [9.17, 15) is 4.79 Å². The zero-order valence-electron chi connectivity index (χ0n) is 10.2. The van der Waals surface area contributed by atoms with Gasteiger partial charge in [0.1, 0.15) is 17.0 Å². The summed E-state index contributed by atoms with van der Waals surface area (Å²) in [6.45, 7) is 0.845. The van der Waals surface area contributed by atoms with Crippen LogP contribution in [0, 0.1) is 0 Å². The third-order valence-corrected chi connectivity index (χ3v) is 2.87. The number of rotatable bonds is 4. The van der Waals surface area contributed by atoms with Crippen molar-refractivity contribution in [1.82, 2.24) is 29.7 Å². The number of halogens is 1. The maximum absolute atomic E-state index is 11.6. The SMILES string of the molecule is O=c1ccc(Cl)nn1CCNc1ncnc2nc[nH]c12. The van der Waals surface area contributed by atoms with Crippen LogP contribution in [0.4, 0.5) is 5.82 Å². The smallest absolute Gasteiger partial charge is 0.266 e. The highest BCUT2D eigenvalue weighted by Gasteiger charge is 2.05. The zero-order valence-corrected chi connectivity index (χ0v) is 11.0. The summed E-state index contributed by atoms with van der Waals surface area (Å²) in [5, 5.41) is 7.32. The van der Waals surface area contributed by atoms with Crippen molar-refractivity contribution in [3.05, 3.63) is 40.3 Å². The molecule has 0 saturated carbocycles. The lowest BCUT2D eigenvalue weighted by atomic mass is 10.4. The second-order valence-corrected chi connectivity index (χ2v) is 4.35. The molecule has 0 aliphatic heterocycles. The molecule has 0 aliphatic carbocycles. The number of anilines is 1. The van der Waals surface area contributed by atoms with Gasteiger partial charge in [0.05, 0.1) is 12.9 Å². The number of aromatic nitrogens is 6. The third-order valence-electron chi connectivity index (χ3n) is 2.67. The molecule has 2 N–H and O–H groups in total. The van der Waals surface area contributed by atoms with Crippen LogP contribution in [0.2, 0.25) is 5.15 Å². The van der Waals surface area contributed by atoms with Gasteiger partial charge in [-0.2, -0.15) is 5.10 Å². The Morgan fingerprint density at radius 1 is 1.30 bits per heavy atom. The van der Waals surface area contributed by atoms with Crippen molar-refractivity contribution in [3.63, 3.8) is 0 Å². The molecule has 0 fully saturated rings. The molecule has 0 unspecified atom stereocenters. The Morgan fingerprint density at radius 3 is 3.10 bits per heavy atom. The Morgan fingerprint density at radius 2 is 2.20 bits per heavy atom. The first-order valence-electron chi connectivity index (χ1n) is 5.85. The van der Waals surface area contributed by atoms with Crippen molar-refractivity contribution in [3.8, 4) is 0 Å². The third kappa shape index (κ3) is 2.45. The summed E-state index contributed by atoms with van der Waals surface area (Å²) >= 11 is 5.75. The van der Waals surface area contributed by atoms with Gasteiger partial charge >= 0.3 is 0 Å². The second kappa shape index (κ2) is 5.25. The van der Waals surface area contributed by atoms with Gasteiger partial charge in [-0.15, -0.1) is 0 Å². The number of imidazole rings is 1. The van der Waals surface area contributed by atoms with Crippen LogP contribution in [0.15, 0.2) is 29.6 Å². The number of hydrogen-bond acceptors (Lipinski definition) is 6. The van der Waals surface area contributed by atoms with E-state index in [1.165, 1.54) is 23.1 Å². The van der Waals surface area contributed by atoms with Crippen molar-refractivity contribution < 1.29 is 0 Å². The predicted molar refractivity (Wildman–Crippen MR) is 73.7 cm³/mol. The highest BCUT2D eigenvalue weighted by Crippen LogP contribution is 2.13. The number of fused-ring (bicyclic) bond motifs is 1. The molecule has 3 aromatic heterocycles. The topological polar surface area (TPSA) is 101 Å². The van der Waals surface area contributed by atoms with Crippen LogP contribution in [0.5, 0.6) is 0 Å². The number of nitrogens with zero attached hydrogens (tertiary/aromatic N) is 5. The van der Waals surface area contributed by atoms with Crippen LogP contribution in [0.1, 0.15) is 0 Å². The van der Waals surface area contributed by atoms with Crippen LogP contribution in [0.3, 0.4) is 0 Å². The Balaban J connectivity index is 1.72. The van der Waals surface area contributed by atoms with Gasteiger partial charge in [0, 0.05) is 12.6 Å². The van der Waals surface area contributed by atoms with Crippen LogP contribution in [0.25, 0.3) is 11.2 Å². The normalized spacial score (nSPS) is 10.8. The summed E-state index contributed by atoms with van der Waals surface area (Å²) < 4.78 is 1.29. The molecular weight excluding hydrogens is 282 g/mol. The standard InChI is InChI=1S/C11H10ClN7O/c12-7-1-2-8(20)19(18-7)4-3-13-10-9-11(15-5-14-9)17-6-16-10/h1-2,5-6H,3-4H2,(H2,13,14,15,16,17). The molecule has 9 heteroatoms. The maximum atomic E-state index is 11.6. The Bertz CT molecular complexity index is 797. The highest BCUT2D eigenvalue weighted by atomic mass is 35.5. The molecule has 20 heavy (non-hydrogen) atoms. The Hall–Kier alpha value is -2.48. The van der Waals surface area contributed by atoms with Crippen molar-refractivity contribution in [2.24, 2.45) is 0 Å². The van der Waals surface area contributed by atoms with Crippen molar-refractivity contribution in [1.29, 1.82) is 0 Å². The largest absolute Gasteiger partial charge is 0.366 e. The van der Waals surface area contributed by atoms with E-state index >= 15 is 0 Å². The fraction of sp³-hybridized carbons (Fsp3) is 0.182. The number of aromatic amines is 1. The van der Waals surface area contributed by atoms with E-state index in [1.54, 1.807) is 6.33 Å². The van der Waals surface area contributed by atoms with Crippen LogP contribution >= 0.6 is 11.6 Å². The Labute approximate surface area is 117 Å². The van der Waals surface area contributed by atoms with E-state index in [1.807, 2.05) is 0 Å². The Kier molecular flexibility index (Phi) is 3.30. The van der Waals surface area contributed by atoms with Crippen LogP contribution in [-0.2, 0) is 6.54 Å². The van der Waals surface area contributed by atoms with Gasteiger partial charge in [0.2, 0.25) is 0 Å². The molecule has 8 nitrogen and oxygen atoms in total. The van der Waals surface area contributed by atoms with E-state index in [-0.39, 0.29) is 10.7 Å².